The van der Waals surface area contributed by atoms with Crippen molar-refractivity contribution in [2.45, 2.75) is 37.8 Å². The second-order valence-electron chi connectivity index (χ2n) is 7.83. The number of benzene rings is 1. The van der Waals surface area contributed by atoms with Crippen LogP contribution in [0.15, 0.2) is 18.3 Å². The molecule has 3 aromatic rings. The predicted octanol–water partition coefficient (Wildman–Crippen LogP) is 2.46. The molecule has 32 heavy (non-hydrogen) atoms. The molecule has 1 saturated carbocycles. The van der Waals surface area contributed by atoms with Crippen molar-refractivity contribution in [2.75, 3.05) is 23.7 Å². The number of rotatable bonds is 6. The number of nitrogens with one attached hydrogen (secondary N) is 3. The van der Waals surface area contributed by atoms with Crippen LogP contribution in [0.5, 0.6) is 5.75 Å². The van der Waals surface area contributed by atoms with Crippen LogP contribution in [0.2, 0.25) is 0 Å². The number of nitrogens with zero attached hydrogens (tertiary/aromatic N) is 6. The molecule has 10 nitrogen and oxygen atoms in total. The molecule has 1 aliphatic carbocycles. The number of aromatic nitrogens is 4. The number of halogens is 1. The monoisotopic (exact) mass is 433 g/mol. The summed E-state index contributed by atoms with van der Waals surface area (Å²) in [6, 6.07) is 6.81. The fourth-order valence-corrected chi connectivity index (χ4v) is 3.58. The van der Waals surface area contributed by atoms with Gasteiger partial charge in [0.05, 0.1) is 17.4 Å². The highest BCUT2D eigenvalue weighted by molar-refractivity contribution is 5.69. The molecule has 0 amide bonds. The molecule has 11 heteroatoms. The minimum atomic E-state index is -0.657. The van der Waals surface area contributed by atoms with Crippen LogP contribution in [0, 0.1) is 28.5 Å². The van der Waals surface area contributed by atoms with Gasteiger partial charge in [0.25, 0.3) is 0 Å². The quantitative estimate of drug-likeness (QED) is 0.535. The van der Waals surface area contributed by atoms with Crippen LogP contribution < -0.4 is 20.7 Å². The molecule has 3 heterocycles. The smallest absolute Gasteiger partial charge is 0.247 e. The third-order valence-electron chi connectivity index (χ3n) is 5.41. The van der Waals surface area contributed by atoms with Crippen LogP contribution in [0.4, 0.5) is 21.8 Å². The summed E-state index contributed by atoms with van der Waals surface area (Å²) in [6.45, 7) is 1.64. The standard InChI is InChI=1S/C21H20FN9O/c22-16-8-18(32-15-3-5-25-6-4-15)17(7-12(16)9-23)28-21-29-19(27-13-1-2-13)20-26-11-14(10-24)31(20)30-21/h7-8,11,13,15,25H,1-6H2,(H2,27,28,29,30). The third kappa shape index (κ3) is 3.98. The lowest BCUT2D eigenvalue weighted by atomic mass is 10.1. The Balaban J connectivity index is 1.53. The van der Waals surface area contributed by atoms with Crippen molar-refractivity contribution in [3.8, 4) is 17.9 Å². The summed E-state index contributed by atoms with van der Waals surface area (Å²) >= 11 is 0. The van der Waals surface area contributed by atoms with Gasteiger partial charge in [-0.15, -0.1) is 5.10 Å². The van der Waals surface area contributed by atoms with E-state index in [1.165, 1.54) is 22.8 Å². The molecule has 162 valence electrons. The maximum absolute atomic E-state index is 14.4. The van der Waals surface area contributed by atoms with Crippen molar-refractivity contribution in [1.82, 2.24) is 24.9 Å². The second-order valence-corrected chi connectivity index (χ2v) is 7.83. The zero-order valence-corrected chi connectivity index (χ0v) is 17.1. The van der Waals surface area contributed by atoms with Gasteiger partial charge in [-0.05, 0) is 44.8 Å². The van der Waals surface area contributed by atoms with Crippen LogP contribution in [0.3, 0.4) is 0 Å². The number of hydrogen-bond acceptors (Lipinski definition) is 9. The first-order chi connectivity index (χ1) is 15.6. The summed E-state index contributed by atoms with van der Waals surface area (Å²) < 4.78 is 21.8. The van der Waals surface area contributed by atoms with Crippen LogP contribution in [-0.4, -0.2) is 44.8 Å². The first-order valence-corrected chi connectivity index (χ1v) is 10.4. The molecule has 0 atom stereocenters. The maximum atomic E-state index is 14.4. The molecular formula is C21H20FN9O. The fraction of sp³-hybridized carbons (Fsp3) is 0.381. The summed E-state index contributed by atoms with van der Waals surface area (Å²) in [4.78, 5) is 8.78. The molecule has 5 rings (SSSR count). The summed E-state index contributed by atoms with van der Waals surface area (Å²) in [5, 5.41) is 32.7. The van der Waals surface area contributed by atoms with Crippen LogP contribution in [0.25, 0.3) is 5.65 Å². The molecule has 0 radical (unpaired) electrons. The SMILES string of the molecule is N#Cc1cc(Nc2nc(NC3CC3)c3ncc(C#N)n3n2)c(OC2CCNCC2)cc1F. The molecule has 0 unspecified atom stereocenters. The Bertz CT molecular complexity index is 1250. The fourth-order valence-electron chi connectivity index (χ4n) is 3.58. The predicted molar refractivity (Wildman–Crippen MR) is 113 cm³/mol. The molecular weight excluding hydrogens is 413 g/mol. The van der Waals surface area contributed by atoms with E-state index in [2.05, 4.69) is 37.1 Å². The molecule has 2 aliphatic rings. The zero-order chi connectivity index (χ0) is 22.1. The van der Waals surface area contributed by atoms with E-state index in [1.54, 1.807) is 0 Å². The van der Waals surface area contributed by atoms with Crippen molar-refractivity contribution in [1.29, 1.82) is 10.5 Å². The molecule has 0 spiro atoms. The molecule has 1 aliphatic heterocycles. The van der Waals surface area contributed by atoms with E-state index in [4.69, 9.17) is 4.74 Å². The van der Waals surface area contributed by atoms with E-state index in [9.17, 15) is 14.9 Å². The lowest BCUT2D eigenvalue weighted by Gasteiger charge is -2.25. The van der Waals surface area contributed by atoms with E-state index in [-0.39, 0.29) is 29.1 Å². The third-order valence-corrected chi connectivity index (χ3v) is 5.41. The van der Waals surface area contributed by atoms with Gasteiger partial charge in [0.2, 0.25) is 5.95 Å². The van der Waals surface area contributed by atoms with Crippen molar-refractivity contribution < 1.29 is 9.13 Å². The van der Waals surface area contributed by atoms with Gasteiger partial charge in [0.15, 0.2) is 17.2 Å². The Morgan fingerprint density at radius 1 is 1.16 bits per heavy atom. The van der Waals surface area contributed by atoms with Crippen molar-refractivity contribution >= 4 is 23.1 Å². The van der Waals surface area contributed by atoms with E-state index in [0.29, 0.717) is 23.2 Å². The first kappa shape index (κ1) is 20.0. The van der Waals surface area contributed by atoms with Crippen LogP contribution >= 0.6 is 0 Å². The summed E-state index contributed by atoms with van der Waals surface area (Å²) in [5.41, 5.74) is 0.953. The zero-order valence-electron chi connectivity index (χ0n) is 17.1. The Kier molecular flexibility index (Phi) is 5.17. The average Bonchev–Trinajstić information content (AvgIpc) is 3.52. The minimum Gasteiger partial charge on any atom is -0.488 e. The molecule has 1 aromatic carbocycles. The Morgan fingerprint density at radius 2 is 1.97 bits per heavy atom. The van der Waals surface area contributed by atoms with Gasteiger partial charge in [0, 0.05) is 12.1 Å². The molecule has 2 aromatic heterocycles. The lowest BCUT2D eigenvalue weighted by Crippen LogP contribution is -2.34. The minimum absolute atomic E-state index is 0.0709. The van der Waals surface area contributed by atoms with Gasteiger partial charge < -0.3 is 20.7 Å². The molecule has 3 N–H and O–H groups in total. The summed E-state index contributed by atoms with van der Waals surface area (Å²) in [7, 11) is 0. The van der Waals surface area contributed by atoms with E-state index < -0.39 is 5.82 Å². The Hall–Kier alpha value is -3.96. The Labute approximate surface area is 183 Å². The van der Waals surface area contributed by atoms with Gasteiger partial charge in [-0.25, -0.2) is 9.37 Å². The van der Waals surface area contributed by atoms with Gasteiger partial charge in [-0.3, -0.25) is 0 Å². The van der Waals surface area contributed by atoms with Gasteiger partial charge in [-0.2, -0.15) is 20.0 Å². The van der Waals surface area contributed by atoms with Crippen molar-refractivity contribution in [3.63, 3.8) is 0 Å². The van der Waals surface area contributed by atoms with E-state index in [0.717, 1.165) is 38.8 Å². The first-order valence-electron chi connectivity index (χ1n) is 10.4. The number of hydrogen-bond donors (Lipinski definition) is 3. The highest BCUT2D eigenvalue weighted by atomic mass is 19.1. The van der Waals surface area contributed by atoms with Crippen LogP contribution in [0.1, 0.15) is 36.9 Å². The van der Waals surface area contributed by atoms with Crippen molar-refractivity contribution in [2.24, 2.45) is 0 Å². The second kappa shape index (κ2) is 8.29. The highest BCUT2D eigenvalue weighted by Gasteiger charge is 2.25. The van der Waals surface area contributed by atoms with E-state index in [1.807, 2.05) is 6.07 Å². The topological polar surface area (TPSA) is 136 Å². The number of nitriles is 2. The molecule has 2 fully saturated rings. The normalized spacial score (nSPS) is 16.3. The highest BCUT2D eigenvalue weighted by Crippen LogP contribution is 2.33. The number of fused-ring (bicyclic) bond motifs is 1. The number of imidazole rings is 1. The Morgan fingerprint density at radius 3 is 2.69 bits per heavy atom. The van der Waals surface area contributed by atoms with E-state index >= 15 is 0 Å². The van der Waals surface area contributed by atoms with Crippen molar-refractivity contribution in [3.05, 3.63) is 35.4 Å². The summed E-state index contributed by atoms with van der Waals surface area (Å²) in [5.74, 6) is 0.284. The molecule has 0 bridgehead atoms. The van der Waals surface area contributed by atoms with Gasteiger partial charge in [-0.1, -0.05) is 0 Å². The number of piperidine rings is 1. The maximum Gasteiger partial charge on any atom is 0.247 e. The van der Waals surface area contributed by atoms with Crippen LogP contribution in [-0.2, 0) is 0 Å². The van der Waals surface area contributed by atoms with Gasteiger partial charge in [0.1, 0.15) is 29.8 Å². The lowest BCUT2D eigenvalue weighted by molar-refractivity contribution is 0.163. The van der Waals surface area contributed by atoms with Gasteiger partial charge >= 0.3 is 0 Å². The molecule has 1 saturated heterocycles. The number of ether oxygens (including phenoxy) is 1. The largest absolute Gasteiger partial charge is 0.488 e. The number of anilines is 3. The average molecular weight is 433 g/mol. The summed E-state index contributed by atoms with van der Waals surface area (Å²) in [6.07, 6.45) is 5.01.